The van der Waals surface area contributed by atoms with Gasteiger partial charge in [-0.15, -0.1) is 0 Å². The lowest BCUT2D eigenvalue weighted by molar-refractivity contribution is 0.277. The van der Waals surface area contributed by atoms with E-state index in [1.54, 1.807) is 0 Å². The Morgan fingerprint density at radius 3 is 1.44 bits per heavy atom. The molecule has 4 fully saturated rings. The molecule has 4 rings (SSSR count). The third-order valence-electron chi connectivity index (χ3n) is 6.31. The molecule has 2 atom stereocenters. The molecule has 3 N–H and O–H groups in total. The topological polar surface area (TPSA) is 39.3 Å². The van der Waals surface area contributed by atoms with Crippen LogP contribution in [0.4, 0.5) is 0 Å². The lowest BCUT2D eigenvalue weighted by atomic mass is 10.0. The fraction of sp³-hybridized carbons (Fsp3) is 1.00. The third kappa shape index (κ3) is 24.5. The number of hydrogen-bond acceptors (Lipinski definition) is 4. The maximum Gasteiger partial charge on any atom is 0.00387 e. The monoisotopic (exact) mass is 461 g/mol. The molecule has 4 aliphatic heterocycles. The van der Waals surface area contributed by atoms with Crippen molar-refractivity contribution in [3.05, 3.63) is 0 Å². The van der Waals surface area contributed by atoms with Gasteiger partial charge in [0.15, 0.2) is 0 Å². The lowest BCUT2D eigenvalue weighted by Crippen LogP contribution is -2.30. The van der Waals surface area contributed by atoms with E-state index >= 15 is 0 Å². The van der Waals surface area contributed by atoms with Crippen LogP contribution in [0.25, 0.3) is 0 Å². The van der Waals surface area contributed by atoms with Crippen LogP contribution >= 0.6 is 0 Å². The second-order valence-corrected chi connectivity index (χ2v) is 9.60. The summed E-state index contributed by atoms with van der Waals surface area (Å²) in [6.07, 6.45) is 14.0. The molecule has 2 unspecified atom stereocenters. The quantitative estimate of drug-likeness (QED) is 0.371. The summed E-state index contributed by atoms with van der Waals surface area (Å²) in [4.78, 5) is 2.39. The van der Waals surface area contributed by atoms with E-state index in [0.29, 0.717) is 0 Å². The van der Waals surface area contributed by atoms with Gasteiger partial charge in [-0.3, -0.25) is 0 Å². The summed E-state index contributed by atoms with van der Waals surface area (Å²) in [6, 6.07) is 0.786. The van der Waals surface area contributed by atoms with E-state index in [0.717, 1.165) is 17.9 Å². The SMILES string of the molecule is C.C.C.C.CC1CCCCN1.CC1CCCNC1.CC1CCNCC1.CN1CCCCC1. The minimum absolute atomic E-state index is 0. The highest BCUT2D eigenvalue weighted by Gasteiger charge is 2.06. The molecular weight excluding hydrogens is 392 g/mol. The molecule has 0 radical (unpaired) electrons. The van der Waals surface area contributed by atoms with Gasteiger partial charge in [-0.1, -0.05) is 56.4 Å². The fourth-order valence-electron chi connectivity index (χ4n) is 4.07. The number of piperidine rings is 4. The molecule has 0 aromatic rings. The summed E-state index contributed by atoms with van der Waals surface area (Å²) in [5.41, 5.74) is 0. The Morgan fingerprint density at radius 1 is 0.562 bits per heavy atom. The summed E-state index contributed by atoms with van der Waals surface area (Å²) in [5.74, 6) is 1.90. The van der Waals surface area contributed by atoms with Gasteiger partial charge in [-0.05, 0) is 123 Å². The van der Waals surface area contributed by atoms with E-state index in [9.17, 15) is 0 Å². The highest BCUT2D eigenvalue weighted by molar-refractivity contribution is 4.66. The van der Waals surface area contributed by atoms with E-state index < -0.39 is 0 Å². The van der Waals surface area contributed by atoms with E-state index in [2.05, 4.69) is 48.7 Å². The average Bonchev–Trinajstić information content (AvgIpc) is 2.72. The van der Waals surface area contributed by atoms with Crippen LogP contribution in [0.2, 0.25) is 0 Å². The zero-order valence-corrected chi connectivity index (χ0v) is 19.7. The Kier molecular flexibility index (Phi) is 33.1. The number of nitrogens with one attached hydrogen (secondary N) is 3. The van der Waals surface area contributed by atoms with Crippen molar-refractivity contribution in [1.29, 1.82) is 0 Å². The van der Waals surface area contributed by atoms with Gasteiger partial charge < -0.3 is 20.9 Å². The van der Waals surface area contributed by atoms with E-state index in [1.807, 2.05) is 0 Å². The van der Waals surface area contributed by atoms with Crippen LogP contribution in [0, 0.1) is 11.8 Å². The van der Waals surface area contributed by atoms with Crippen LogP contribution in [0.1, 0.15) is 115 Å². The molecule has 0 aliphatic carbocycles. The van der Waals surface area contributed by atoms with Crippen molar-refractivity contribution in [2.75, 3.05) is 52.9 Å². The van der Waals surface area contributed by atoms with Crippen LogP contribution in [-0.2, 0) is 0 Å². The van der Waals surface area contributed by atoms with Gasteiger partial charge in [0.1, 0.15) is 0 Å². The predicted molar refractivity (Wildman–Crippen MR) is 152 cm³/mol. The first-order chi connectivity index (χ1) is 13.6. The number of hydrogen-bond donors (Lipinski definition) is 3. The molecule has 0 saturated carbocycles. The Labute approximate surface area is 206 Å². The van der Waals surface area contributed by atoms with Crippen molar-refractivity contribution in [2.45, 2.75) is 121 Å². The van der Waals surface area contributed by atoms with Crippen LogP contribution in [0.5, 0.6) is 0 Å². The number of nitrogens with zero attached hydrogens (tertiary/aromatic N) is 1. The average molecular weight is 461 g/mol. The second-order valence-electron chi connectivity index (χ2n) is 9.60. The summed E-state index contributed by atoms with van der Waals surface area (Å²) >= 11 is 0. The molecule has 0 aromatic carbocycles. The molecule has 0 aromatic heterocycles. The molecular formula is C28H68N4. The van der Waals surface area contributed by atoms with Crippen molar-refractivity contribution >= 4 is 0 Å². The zero-order valence-electron chi connectivity index (χ0n) is 19.7. The first kappa shape index (κ1) is 39.1. The van der Waals surface area contributed by atoms with Crippen LogP contribution < -0.4 is 16.0 Å². The molecule has 4 aliphatic rings. The van der Waals surface area contributed by atoms with Crippen LogP contribution in [0.15, 0.2) is 0 Å². The highest BCUT2D eigenvalue weighted by Crippen LogP contribution is 2.08. The summed E-state index contributed by atoms with van der Waals surface area (Å²) in [7, 11) is 2.19. The lowest BCUT2D eigenvalue weighted by Gasteiger charge is -2.20. The minimum Gasteiger partial charge on any atom is -0.317 e. The van der Waals surface area contributed by atoms with Crippen LogP contribution in [-0.4, -0.2) is 63.8 Å². The van der Waals surface area contributed by atoms with Gasteiger partial charge in [0.05, 0.1) is 0 Å². The number of rotatable bonds is 0. The van der Waals surface area contributed by atoms with Crippen molar-refractivity contribution in [3.63, 3.8) is 0 Å². The Morgan fingerprint density at radius 2 is 1.19 bits per heavy atom. The van der Waals surface area contributed by atoms with Crippen molar-refractivity contribution in [3.8, 4) is 0 Å². The maximum atomic E-state index is 3.38. The first-order valence-electron chi connectivity index (χ1n) is 12.4. The third-order valence-corrected chi connectivity index (χ3v) is 6.31. The smallest absolute Gasteiger partial charge is 0.00387 e. The van der Waals surface area contributed by atoms with Gasteiger partial charge in [0, 0.05) is 6.04 Å². The predicted octanol–water partition coefficient (Wildman–Crippen LogP) is 6.81. The Balaban J connectivity index is -0.000000157. The Hall–Kier alpha value is -0.160. The standard InChI is InChI=1S/4C6H13N.4CH4/c1-6-2-4-7-5-3-6;1-6-3-2-4-7-5-6;1-7-5-3-2-4-6-7;1-6-4-2-3-5-7-6;;;;/h2*6-7H,2-5H2,1H3;2-6H2,1H3;6-7H,2-5H2,1H3;4*1H4. The molecule has 4 nitrogen and oxygen atoms in total. The van der Waals surface area contributed by atoms with Gasteiger partial charge in [-0.25, -0.2) is 0 Å². The first-order valence-corrected chi connectivity index (χ1v) is 12.4. The van der Waals surface area contributed by atoms with Gasteiger partial charge in [0.2, 0.25) is 0 Å². The van der Waals surface area contributed by atoms with Crippen molar-refractivity contribution in [2.24, 2.45) is 11.8 Å². The highest BCUT2D eigenvalue weighted by atomic mass is 15.1. The van der Waals surface area contributed by atoms with Crippen molar-refractivity contribution in [1.82, 2.24) is 20.9 Å². The molecule has 4 heteroatoms. The van der Waals surface area contributed by atoms with Crippen LogP contribution in [0.3, 0.4) is 0 Å². The molecule has 32 heavy (non-hydrogen) atoms. The van der Waals surface area contributed by atoms with Gasteiger partial charge in [0.25, 0.3) is 0 Å². The maximum absolute atomic E-state index is 3.38. The van der Waals surface area contributed by atoms with E-state index in [-0.39, 0.29) is 29.7 Å². The van der Waals surface area contributed by atoms with E-state index in [4.69, 9.17) is 0 Å². The van der Waals surface area contributed by atoms with Gasteiger partial charge in [-0.2, -0.15) is 0 Å². The minimum atomic E-state index is 0. The van der Waals surface area contributed by atoms with Gasteiger partial charge >= 0.3 is 0 Å². The summed E-state index contributed by atoms with van der Waals surface area (Å²) < 4.78 is 0. The summed E-state index contributed by atoms with van der Waals surface area (Å²) in [5, 5.41) is 10.0. The normalized spacial score (nSPS) is 25.5. The molecule has 200 valence electrons. The fourth-order valence-corrected chi connectivity index (χ4v) is 4.07. The molecule has 4 saturated heterocycles. The second kappa shape index (κ2) is 27.1. The largest absolute Gasteiger partial charge is 0.317 e. The summed E-state index contributed by atoms with van der Waals surface area (Å²) in [6.45, 7) is 15.7. The molecule has 4 heterocycles. The zero-order chi connectivity index (χ0) is 20.5. The Bertz CT molecular complexity index is 249. The van der Waals surface area contributed by atoms with E-state index in [1.165, 1.54) is 110 Å². The van der Waals surface area contributed by atoms with Crippen molar-refractivity contribution < 1.29 is 0 Å². The molecule has 0 bridgehead atoms. The molecule has 0 spiro atoms. The number of likely N-dealkylation sites (tertiary alicyclic amines) is 1. The molecule has 0 amide bonds.